The van der Waals surface area contributed by atoms with Crippen LogP contribution >= 0.6 is 11.6 Å². The molecule has 6 nitrogen and oxygen atoms in total. The van der Waals surface area contributed by atoms with Gasteiger partial charge in [0.2, 0.25) is 0 Å². The van der Waals surface area contributed by atoms with E-state index in [1.54, 1.807) is 25.4 Å². The molecule has 2 rings (SSSR count). The number of halogens is 1. The molecule has 0 spiro atoms. The van der Waals surface area contributed by atoms with Crippen LogP contribution in [0, 0.1) is 17.0 Å². The fraction of sp³-hybridized carbons (Fsp3) is 0.0769. The number of hydrogen-bond acceptors (Lipinski definition) is 4. The van der Waals surface area contributed by atoms with E-state index in [1.165, 1.54) is 18.2 Å². The van der Waals surface area contributed by atoms with Crippen molar-refractivity contribution in [2.24, 2.45) is 0 Å². The van der Waals surface area contributed by atoms with Gasteiger partial charge in [-0.05, 0) is 24.6 Å². The first kappa shape index (κ1) is 14.0. The van der Waals surface area contributed by atoms with Crippen LogP contribution < -0.4 is 5.32 Å². The van der Waals surface area contributed by atoms with Gasteiger partial charge < -0.3 is 5.32 Å². The van der Waals surface area contributed by atoms with E-state index in [4.69, 9.17) is 11.6 Å². The number of aryl methyl sites for hydroxylation is 1. The average molecular weight is 292 g/mol. The fourth-order valence-electron chi connectivity index (χ4n) is 1.62. The van der Waals surface area contributed by atoms with E-state index in [0.29, 0.717) is 5.69 Å². The standard InChI is InChI=1S/C13H10ClN3O3/c1-8-7-15-3-2-12(8)16-13(18)9-4-10(14)6-11(5-9)17(19)20/h2-7H,1H3,(H,15,16,18). The van der Waals surface area contributed by atoms with Crippen molar-refractivity contribution in [1.29, 1.82) is 0 Å². The lowest BCUT2D eigenvalue weighted by Gasteiger charge is -2.07. The lowest BCUT2D eigenvalue weighted by Crippen LogP contribution is -2.13. The highest BCUT2D eigenvalue weighted by atomic mass is 35.5. The lowest BCUT2D eigenvalue weighted by molar-refractivity contribution is -0.384. The van der Waals surface area contributed by atoms with Gasteiger partial charge in [0.25, 0.3) is 11.6 Å². The number of nitro benzene ring substituents is 1. The van der Waals surface area contributed by atoms with Gasteiger partial charge in [-0.2, -0.15) is 0 Å². The third kappa shape index (κ3) is 3.10. The number of rotatable bonds is 3. The molecule has 0 bridgehead atoms. The van der Waals surface area contributed by atoms with Crippen molar-refractivity contribution in [2.75, 3.05) is 5.32 Å². The van der Waals surface area contributed by atoms with Crippen LogP contribution in [0.15, 0.2) is 36.7 Å². The van der Waals surface area contributed by atoms with E-state index >= 15 is 0 Å². The van der Waals surface area contributed by atoms with Crippen LogP contribution in [0.1, 0.15) is 15.9 Å². The zero-order valence-electron chi connectivity index (χ0n) is 10.5. The molecule has 1 amide bonds. The Morgan fingerprint density at radius 2 is 2.15 bits per heavy atom. The maximum absolute atomic E-state index is 12.1. The molecular weight excluding hydrogens is 282 g/mol. The summed E-state index contributed by atoms with van der Waals surface area (Å²) in [5.74, 6) is -0.468. The predicted octanol–water partition coefficient (Wildman–Crippen LogP) is 3.20. The van der Waals surface area contributed by atoms with Crippen molar-refractivity contribution < 1.29 is 9.72 Å². The van der Waals surface area contributed by atoms with Gasteiger partial charge >= 0.3 is 0 Å². The maximum atomic E-state index is 12.1. The van der Waals surface area contributed by atoms with Crippen LogP contribution in [0.4, 0.5) is 11.4 Å². The Balaban J connectivity index is 2.30. The zero-order valence-corrected chi connectivity index (χ0v) is 11.2. The number of carbonyl (C=O) groups excluding carboxylic acids is 1. The highest BCUT2D eigenvalue weighted by Gasteiger charge is 2.14. The molecule has 0 fully saturated rings. The Kier molecular flexibility index (Phi) is 3.95. The summed E-state index contributed by atoms with van der Waals surface area (Å²) < 4.78 is 0. The molecule has 0 aliphatic carbocycles. The smallest absolute Gasteiger partial charge is 0.271 e. The van der Waals surface area contributed by atoms with Gasteiger partial charge in [0.1, 0.15) is 0 Å². The van der Waals surface area contributed by atoms with Gasteiger partial charge in [-0.1, -0.05) is 11.6 Å². The summed E-state index contributed by atoms with van der Waals surface area (Å²) in [5, 5.41) is 13.5. The van der Waals surface area contributed by atoms with Crippen LogP contribution in [-0.2, 0) is 0 Å². The van der Waals surface area contributed by atoms with Crippen LogP contribution in [0.25, 0.3) is 0 Å². The molecule has 1 N–H and O–H groups in total. The first-order valence-electron chi connectivity index (χ1n) is 5.64. The van der Waals surface area contributed by atoms with E-state index in [-0.39, 0.29) is 16.3 Å². The molecule has 0 unspecified atom stereocenters. The molecule has 0 saturated carbocycles. The molecule has 0 atom stereocenters. The first-order chi connectivity index (χ1) is 9.47. The SMILES string of the molecule is Cc1cnccc1NC(=O)c1cc(Cl)cc([N+](=O)[O-])c1. The fourth-order valence-corrected chi connectivity index (χ4v) is 1.85. The molecule has 0 aliphatic heterocycles. The van der Waals surface area contributed by atoms with Crippen molar-refractivity contribution >= 4 is 28.9 Å². The Labute approximate surface area is 119 Å². The molecule has 7 heteroatoms. The minimum Gasteiger partial charge on any atom is -0.322 e. The summed E-state index contributed by atoms with van der Waals surface area (Å²) in [6.45, 7) is 1.79. The molecule has 102 valence electrons. The number of aromatic nitrogens is 1. The molecular formula is C13H10ClN3O3. The van der Waals surface area contributed by atoms with E-state index in [1.807, 2.05) is 0 Å². The third-order valence-electron chi connectivity index (χ3n) is 2.62. The van der Waals surface area contributed by atoms with E-state index in [9.17, 15) is 14.9 Å². The van der Waals surface area contributed by atoms with Crippen molar-refractivity contribution in [3.05, 3.63) is 62.9 Å². The van der Waals surface area contributed by atoms with Gasteiger partial charge in [0.15, 0.2) is 0 Å². The number of carbonyl (C=O) groups is 1. The number of amides is 1. The minimum absolute atomic E-state index is 0.125. The van der Waals surface area contributed by atoms with Crippen molar-refractivity contribution in [2.45, 2.75) is 6.92 Å². The van der Waals surface area contributed by atoms with Gasteiger partial charge in [-0.25, -0.2) is 0 Å². The maximum Gasteiger partial charge on any atom is 0.271 e. The third-order valence-corrected chi connectivity index (χ3v) is 2.84. The highest BCUT2D eigenvalue weighted by molar-refractivity contribution is 6.31. The molecule has 0 aliphatic rings. The van der Waals surface area contributed by atoms with E-state index in [2.05, 4.69) is 10.3 Å². The van der Waals surface area contributed by atoms with E-state index < -0.39 is 10.8 Å². The summed E-state index contributed by atoms with van der Waals surface area (Å²) >= 11 is 5.78. The Hall–Kier alpha value is -2.47. The molecule has 0 saturated heterocycles. The second-order valence-corrected chi connectivity index (χ2v) is 4.54. The van der Waals surface area contributed by atoms with Crippen molar-refractivity contribution in [1.82, 2.24) is 4.98 Å². The summed E-state index contributed by atoms with van der Waals surface area (Å²) in [4.78, 5) is 26.1. The van der Waals surface area contributed by atoms with E-state index in [0.717, 1.165) is 5.56 Å². The summed E-state index contributed by atoms with van der Waals surface area (Å²) in [6, 6.07) is 5.39. The lowest BCUT2D eigenvalue weighted by atomic mass is 10.1. The average Bonchev–Trinajstić information content (AvgIpc) is 2.40. The molecule has 20 heavy (non-hydrogen) atoms. The van der Waals surface area contributed by atoms with Crippen molar-refractivity contribution in [3.8, 4) is 0 Å². The number of nitrogens with one attached hydrogen (secondary N) is 1. The Morgan fingerprint density at radius 1 is 1.40 bits per heavy atom. The zero-order chi connectivity index (χ0) is 14.7. The largest absolute Gasteiger partial charge is 0.322 e. The molecule has 1 heterocycles. The highest BCUT2D eigenvalue weighted by Crippen LogP contribution is 2.22. The number of anilines is 1. The Bertz CT molecular complexity index is 688. The first-order valence-corrected chi connectivity index (χ1v) is 6.02. The summed E-state index contributed by atoms with van der Waals surface area (Å²) in [7, 11) is 0. The van der Waals surface area contributed by atoms with Crippen LogP contribution in [0.3, 0.4) is 0 Å². The predicted molar refractivity (Wildman–Crippen MR) is 75.0 cm³/mol. The van der Waals surface area contributed by atoms with Gasteiger partial charge in [-0.15, -0.1) is 0 Å². The second kappa shape index (κ2) is 5.66. The van der Waals surface area contributed by atoms with Crippen LogP contribution in [0.5, 0.6) is 0 Å². The molecule has 0 radical (unpaired) electrons. The number of hydrogen-bond donors (Lipinski definition) is 1. The van der Waals surface area contributed by atoms with Crippen LogP contribution in [0.2, 0.25) is 5.02 Å². The number of pyridine rings is 1. The van der Waals surface area contributed by atoms with Crippen LogP contribution in [-0.4, -0.2) is 15.8 Å². The van der Waals surface area contributed by atoms with Gasteiger partial charge in [-0.3, -0.25) is 19.9 Å². The van der Waals surface area contributed by atoms with Gasteiger partial charge in [0.05, 0.1) is 4.92 Å². The quantitative estimate of drug-likeness (QED) is 0.695. The van der Waals surface area contributed by atoms with Crippen molar-refractivity contribution in [3.63, 3.8) is 0 Å². The monoisotopic (exact) mass is 291 g/mol. The normalized spacial score (nSPS) is 10.1. The number of nitrogens with zero attached hydrogens (tertiary/aromatic N) is 2. The molecule has 1 aromatic carbocycles. The minimum atomic E-state index is -0.597. The number of nitro groups is 1. The summed E-state index contributed by atoms with van der Waals surface area (Å²) in [6.07, 6.45) is 3.15. The Morgan fingerprint density at radius 3 is 2.80 bits per heavy atom. The topological polar surface area (TPSA) is 85.1 Å². The second-order valence-electron chi connectivity index (χ2n) is 4.10. The molecule has 2 aromatic rings. The molecule has 1 aromatic heterocycles. The number of benzene rings is 1. The van der Waals surface area contributed by atoms with Gasteiger partial charge in [0, 0.05) is 40.8 Å². The summed E-state index contributed by atoms with van der Waals surface area (Å²) in [5.41, 5.74) is 1.28. The number of non-ortho nitro benzene ring substituents is 1.